The number of benzene rings is 1. The smallest absolute Gasteiger partial charge is 0.118 e. The van der Waals surface area contributed by atoms with Crippen LogP contribution in [-0.2, 0) is 10.3 Å². The Hall–Kier alpha value is -1.45. The fourth-order valence-electron chi connectivity index (χ4n) is 2.46. The van der Waals surface area contributed by atoms with Crippen molar-refractivity contribution in [3.8, 4) is 0 Å². The number of nitrogens with zero attached hydrogens (tertiary/aromatic N) is 1. The van der Waals surface area contributed by atoms with E-state index in [1.54, 1.807) is 6.20 Å². The summed E-state index contributed by atoms with van der Waals surface area (Å²) in [6, 6.07) is 9.82. The van der Waals surface area contributed by atoms with Crippen LogP contribution in [-0.4, -0.2) is 22.8 Å². The first-order valence-electron chi connectivity index (χ1n) is 5.89. The van der Waals surface area contributed by atoms with E-state index in [2.05, 4.69) is 4.98 Å². The molecule has 1 N–H and O–H groups in total. The number of ether oxygens (including phenoxy) is 1. The van der Waals surface area contributed by atoms with Gasteiger partial charge in [0.1, 0.15) is 5.60 Å². The van der Waals surface area contributed by atoms with E-state index in [1.807, 2.05) is 37.3 Å². The van der Waals surface area contributed by atoms with E-state index in [-0.39, 0.29) is 6.10 Å². The van der Waals surface area contributed by atoms with Gasteiger partial charge in [0, 0.05) is 18.0 Å². The van der Waals surface area contributed by atoms with Crippen LogP contribution in [0.2, 0.25) is 0 Å². The molecule has 0 spiro atoms. The van der Waals surface area contributed by atoms with Crippen molar-refractivity contribution in [3.63, 3.8) is 0 Å². The normalized spacial score (nSPS) is 28.7. The maximum absolute atomic E-state index is 10.6. The highest BCUT2D eigenvalue weighted by Gasteiger charge is 2.41. The SMILES string of the molecule is CC1OCCC1(O)c1ccc2ncccc2c1. The quantitative estimate of drug-likeness (QED) is 0.815. The Morgan fingerprint density at radius 2 is 2.29 bits per heavy atom. The molecule has 0 amide bonds. The molecule has 0 bridgehead atoms. The third-order valence-corrected chi connectivity index (χ3v) is 3.63. The molecule has 1 aliphatic rings. The summed E-state index contributed by atoms with van der Waals surface area (Å²) in [6.45, 7) is 2.53. The number of hydrogen-bond donors (Lipinski definition) is 1. The minimum Gasteiger partial charge on any atom is -0.382 e. The van der Waals surface area contributed by atoms with Crippen LogP contribution in [0.15, 0.2) is 36.5 Å². The lowest BCUT2D eigenvalue weighted by atomic mass is 9.87. The zero-order chi connectivity index (χ0) is 11.9. The number of pyridine rings is 1. The summed E-state index contributed by atoms with van der Waals surface area (Å²) < 4.78 is 5.47. The highest BCUT2D eigenvalue weighted by molar-refractivity contribution is 5.79. The van der Waals surface area contributed by atoms with Crippen LogP contribution in [0.25, 0.3) is 10.9 Å². The number of hydrogen-bond acceptors (Lipinski definition) is 3. The molecule has 2 aromatic rings. The van der Waals surface area contributed by atoms with Gasteiger partial charge < -0.3 is 9.84 Å². The van der Waals surface area contributed by atoms with Crippen LogP contribution < -0.4 is 0 Å². The lowest BCUT2D eigenvalue weighted by Gasteiger charge is -2.26. The zero-order valence-electron chi connectivity index (χ0n) is 9.76. The molecule has 3 heteroatoms. The predicted octanol–water partition coefficient (Wildman–Crippen LogP) is 2.23. The van der Waals surface area contributed by atoms with Gasteiger partial charge in [-0.25, -0.2) is 0 Å². The summed E-state index contributed by atoms with van der Waals surface area (Å²) in [5, 5.41) is 11.7. The minimum atomic E-state index is -0.857. The first-order valence-corrected chi connectivity index (χ1v) is 5.89. The van der Waals surface area contributed by atoms with Crippen LogP contribution in [0.4, 0.5) is 0 Å². The Bertz CT molecular complexity index is 555. The molecule has 2 heterocycles. The average molecular weight is 229 g/mol. The van der Waals surface area contributed by atoms with E-state index in [4.69, 9.17) is 4.74 Å². The van der Waals surface area contributed by atoms with Gasteiger partial charge in [0.05, 0.1) is 18.2 Å². The van der Waals surface area contributed by atoms with Crippen LogP contribution in [0.1, 0.15) is 18.9 Å². The summed E-state index contributed by atoms with van der Waals surface area (Å²) in [5.41, 5.74) is 1.01. The van der Waals surface area contributed by atoms with Crippen LogP contribution in [0.5, 0.6) is 0 Å². The van der Waals surface area contributed by atoms with Crippen molar-refractivity contribution in [2.45, 2.75) is 25.0 Å². The molecule has 0 saturated carbocycles. The first kappa shape index (κ1) is 10.7. The van der Waals surface area contributed by atoms with Crippen molar-refractivity contribution in [1.29, 1.82) is 0 Å². The molecule has 3 nitrogen and oxygen atoms in total. The Morgan fingerprint density at radius 3 is 3.06 bits per heavy atom. The van der Waals surface area contributed by atoms with Crippen molar-refractivity contribution in [3.05, 3.63) is 42.1 Å². The maximum atomic E-state index is 10.6. The Labute approximate surface area is 100 Å². The molecule has 0 radical (unpaired) electrons. The largest absolute Gasteiger partial charge is 0.382 e. The third-order valence-electron chi connectivity index (χ3n) is 3.63. The molecule has 88 valence electrons. The maximum Gasteiger partial charge on any atom is 0.118 e. The van der Waals surface area contributed by atoms with Gasteiger partial charge in [-0.15, -0.1) is 0 Å². The van der Waals surface area contributed by atoms with Gasteiger partial charge in [0.25, 0.3) is 0 Å². The standard InChI is InChI=1S/C14H15NO2/c1-10-14(16,6-8-17-10)12-4-5-13-11(9-12)3-2-7-15-13/h2-5,7,9-10,16H,6,8H2,1H3. The predicted molar refractivity (Wildman–Crippen MR) is 65.7 cm³/mol. The van der Waals surface area contributed by atoms with Crippen LogP contribution in [0.3, 0.4) is 0 Å². The van der Waals surface area contributed by atoms with Crippen LogP contribution >= 0.6 is 0 Å². The average Bonchev–Trinajstić information content (AvgIpc) is 2.70. The molecule has 1 aromatic heterocycles. The third kappa shape index (κ3) is 1.63. The van der Waals surface area contributed by atoms with Gasteiger partial charge in [0.2, 0.25) is 0 Å². The molecule has 2 unspecified atom stereocenters. The molecular weight excluding hydrogens is 214 g/mol. The van der Waals surface area contributed by atoms with E-state index < -0.39 is 5.60 Å². The lowest BCUT2D eigenvalue weighted by molar-refractivity contribution is -0.0316. The van der Waals surface area contributed by atoms with Gasteiger partial charge in [-0.2, -0.15) is 0 Å². The summed E-state index contributed by atoms with van der Waals surface area (Å²) >= 11 is 0. The number of aromatic nitrogens is 1. The molecule has 1 aromatic carbocycles. The second-order valence-electron chi connectivity index (χ2n) is 4.60. The fourth-order valence-corrected chi connectivity index (χ4v) is 2.46. The van der Waals surface area contributed by atoms with Crippen molar-refractivity contribution >= 4 is 10.9 Å². The zero-order valence-corrected chi connectivity index (χ0v) is 9.76. The summed E-state index contributed by atoms with van der Waals surface area (Å²) in [7, 11) is 0. The number of fused-ring (bicyclic) bond motifs is 1. The summed E-state index contributed by atoms with van der Waals surface area (Å²) in [4.78, 5) is 4.28. The highest BCUT2D eigenvalue weighted by Crippen LogP contribution is 2.36. The monoisotopic (exact) mass is 229 g/mol. The lowest BCUT2D eigenvalue weighted by Crippen LogP contribution is -2.33. The van der Waals surface area contributed by atoms with Crippen molar-refractivity contribution in [2.75, 3.05) is 6.61 Å². The number of aliphatic hydroxyl groups is 1. The summed E-state index contributed by atoms with van der Waals surface area (Å²) in [5.74, 6) is 0. The molecule has 3 rings (SSSR count). The van der Waals surface area contributed by atoms with Gasteiger partial charge in [0.15, 0.2) is 0 Å². The fraction of sp³-hybridized carbons (Fsp3) is 0.357. The molecule has 0 aliphatic carbocycles. The van der Waals surface area contributed by atoms with Crippen molar-refractivity contribution in [1.82, 2.24) is 4.98 Å². The van der Waals surface area contributed by atoms with E-state index in [1.165, 1.54) is 0 Å². The van der Waals surface area contributed by atoms with E-state index >= 15 is 0 Å². The molecule has 17 heavy (non-hydrogen) atoms. The summed E-state index contributed by atoms with van der Waals surface area (Å²) in [6.07, 6.45) is 2.27. The number of rotatable bonds is 1. The Morgan fingerprint density at radius 1 is 1.41 bits per heavy atom. The van der Waals surface area contributed by atoms with Crippen molar-refractivity contribution < 1.29 is 9.84 Å². The second kappa shape index (κ2) is 3.79. The molecule has 1 saturated heterocycles. The van der Waals surface area contributed by atoms with Gasteiger partial charge >= 0.3 is 0 Å². The van der Waals surface area contributed by atoms with Crippen LogP contribution in [0, 0.1) is 0 Å². The second-order valence-corrected chi connectivity index (χ2v) is 4.60. The first-order chi connectivity index (χ1) is 8.20. The highest BCUT2D eigenvalue weighted by atomic mass is 16.5. The van der Waals surface area contributed by atoms with E-state index in [9.17, 15) is 5.11 Å². The van der Waals surface area contributed by atoms with Crippen molar-refractivity contribution in [2.24, 2.45) is 0 Å². The molecule has 1 fully saturated rings. The minimum absolute atomic E-state index is 0.156. The van der Waals surface area contributed by atoms with Gasteiger partial charge in [-0.1, -0.05) is 12.1 Å². The van der Waals surface area contributed by atoms with E-state index in [0.29, 0.717) is 13.0 Å². The Balaban J connectivity index is 2.12. The Kier molecular flexibility index (Phi) is 2.38. The van der Waals surface area contributed by atoms with E-state index in [0.717, 1.165) is 16.5 Å². The van der Waals surface area contributed by atoms with Gasteiger partial charge in [-0.3, -0.25) is 4.98 Å². The van der Waals surface area contributed by atoms with Gasteiger partial charge in [-0.05, 0) is 30.7 Å². The molecule has 1 aliphatic heterocycles. The molecular formula is C14H15NO2. The molecule has 2 atom stereocenters. The topological polar surface area (TPSA) is 42.4 Å².